The molecule has 0 aromatic heterocycles. The first kappa shape index (κ1) is 16.3. The molecule has 0 heterocycles. The summed E-state index contributed by atoms with van der Waals surface area (Å²) in [6.45, 7) is 8.06. The summed E-state index contributed by atoms with van der Waals surface area (Å²) in [5, 5.41) is 15.0. The zero-order chi connectivity index (χ0) is 15.0. The first-order valence-electron chi connectivity index (χ1n) is 7.02. The summed E-state index contributed by atoms with van der Waals surface area (Å²) in [5.41, 5.74) is 6.16. The summed E-state index contributed by atoms with van der Waals surface area (Å²) >= 11 is 0. The van der Waals surface area contributed by atoms with Gasteiger partial charge >= 0.3 is 0 Å². The maximum Gasteiger partial charge on any atom is 0.170 e. The molecule has 1 rings (SSSR count). The van der Waals surface area contributed by atoms with E-state index in [1.165, 1.54) is 6.42 Å². The van der Waals surface area contributed by atoms with Crippen molar-refractivity contribution in [1.29, 1.82) is 0 Å². The van der Waals surface area contributed by atoms with Gasteiger partial charge in [-0.3, -0.25) is 0 Å². The summed E-state index contributed by atoms with van der Waals surface area (Å²) < 4.78 is 5.63. The molecule has 1 aromatic rings. The maximum absolute atomic E-state index is 8.57. The molecule has 0 saturated carbocycles. The zero-order valence-electron chi connectivity index (χ0n) is 12.5. The Morgan fingerprint density at radius 3 is 2.55 bits per heavy atom. The van der Waals surface area contributed by atoms with Crippen LogP contribution in [0.25, 0.3) is 0 Å². The Morgan fingerprint density at radius 2 is 2.00 bits per heavy atom. The molecule has 0 amide bonds. The largest absolute Gasteiger partial charge is 0.492 e. The third kappa shape index (κ3) is 5.09. The topological polar surface area (TPSA) is 79.9 Å². The van der Waals surface area contributed by atoms with Crippen molar-refractivity contribution in [3.05, 3.63) is 29.8 Å². The quantitative estimate of drug-likeness (QED) is 0.224. The molecule has 2 unspecified atom stereocenters. The number of nitrogens with two attached hydrogens (primary N) is 1. The van der Waals surface area contributed by atoms with Crippen molar-refractivity contribution >= 4 is 5.84 Å². The molecule has 0 bridgehead atoms. The maximum atomic E-state index is 8.57. The van der Waals surface area contributed by atoms with Crippen molar-refractivity contribution in [2.75, 3.05) is 13.2 Å². The second kappa shape index (κ2) is 8.43. The molecule has 2 atom stereocenters. The number of benzene rings is 1. The molecule has 0 fully saturated rings. The van der Waals surface area contributed by atoms with Crippen LogP contribution in [0.1, 0.15) is 32.8 Å². The lowest BCUT2D eigenvalue weighted by molar-refractivity contribution is 0.292. The summed E-state index contributed by atoms with van der Waals surface area (Å²) in [6, 6.07) is 7.64. The third-order valence-corrected chi connectivity index (χ3v) is 3.59. The smallest absolute Gasteiger partial charge is 0.170 e. The van der Waals surface area contributed by atoms with Gasteiger partial charge in [0.05, 0.1) is 0 Å². The molecule has 112 valence electrons. The van der Waals surface area contributed by atoms with Gasteiger partial charge in [0.25, 0.3) is 0 Å². The second-order valence-corrected chi connectivity index (χ2v) is 4.99. The Labute approximate surface area is 120 Å². The number of hydrogen-bond acceptors (Lipinski definition) is 4. The SMILES string of the molecule is CCC(C)C(C)NCCOc1ccc(C(N)=NO)cc1. The Hall–Kier alpha value is -1.75. The predicted molar refractivity (Wildman–Crippen MR) is 81.4 cm³/mol. The molecule has 0 radical (unpaired) electrons. The van der Waals surface area contributed by atoms with E-state index in [0.29, 0.717) is 24.1 Å². The van der Waals surface area contributed by atoms with Crippen molar-refractivity contribution in [3.63, 3.8) is 0 Å². The molecule has 0 aliphatic carbocycles. The van der Waals surface area contributed by atoms with Crippen LogP contribution in [-0.2, 0) is 0 Å². The van der Waals surface area contributed by atoms with Crippen LogP contribution in [0, 0.1) is 5.92 Å². The minimum Gasteiger partial charge on any atom is -0.492 e. The van der Waals surface area contributed by atoms with Crippen molar-refractivity contribution in [3.8, 4) is 5.75 Å². The lowest BCUT2D eigenvalue weighted by Crippen LogP contribution is -2.34. The summed E-state index contributed by atoms with van der Waals surface area (Å²) in [6.07, 6.45) is 1.17. The standard InChI is InChI=1S/C15H25N3O2/c1-4-11(2)12(3)17-9-10-20-14-7-5-13(6-8-14)15(16)18-19/h5-8,11-12,17,19H,4,9-10H2,1-3H3,(H2,16,18). The van der Waals surface area contributed by atoms with Gasteiger partial charge in [0, 0.05) is 18.2 Å². The molecule has 5 heteroatoms. The van der Waals surface area contributed by atoms with Crippen LogP contribution in [0.15, 0.2) is 29.4 Å². The fourth-order valence-electron chi connectivity index (χ4n) is 1.79. The van der Waals surface area contributed by atoms with E-state index in [-0.39, 0.29) is 5.84 Å². The first-order valence-corrected chi connectivity index (χ1v) is 7.02. The van der Waals surface area contributed by atoms with Gasteiger partial charge in [0.15, 0.2) is 5.84 Å². The molecule has 0 saturated heterocycles. The average Bonchev–Trinajstić information content (AvgIpc) is 2.50. The summed E-state index contributed by atoms with van der Waals surface area (Å²) in [4.78, 5) is 0. The van der Waals surface area contributed by atoms with Gasteiger partial charge in [-0.05, 0) is 37.1 Å². The number of hydrogen-bond donors (Lipinski definition) is 3. The van der Waals surface area contributed by atoms with Crippen LogP contribution in [0.4, 0.5) is 0 Å². The minimum absolute atomic E-state index is 0.0978. The Kier molecular flexibility index (Phi) is 6.87. The summed E-state index contributed by atoms with van der Waals surface area (Å²) in [7, 11) is 0. The van der Waals surface area contributed by atoms with Gasteiger partial charge in [0.1, 0.15) is 12.4 Å². The molecule has 0 aliphatic heterocycles. The van der Waals surface area contributed by atoms with Crippen LogP contribution < -0.4 is 15.8 Å². The van der Waals surface area contributed by atoms with Gasteiger partial charge in [-0.25, -0.2) is 0 Å². The molecular formula is C15H25N3O2. The number of ether oxygens (including phenoxy) is 1. The highest BCUT2D eigenvalue weighted by molar-refractivity contribution is 5.97. The minimum atomic E-state index is 0.0978. The first-order chi connectivity index (χ1) is 9.58. The van der Waals surface area contributed by atoms with Gasteiger partial charge in [0.2, 0.25) is 0 Å². The zero-order valence-corrected chi connectivity index (χ0v) is 12.5. The van der Waals surface area contributed by atoms with Crippen LogP contribution >= 0.6 is 0 Å². The fourth-order valence-corrected chi connectivity index (χ4v) is 1.79. The van der Waals surface area contributed by atoms with E-state index in [0.717, 1.165) is 12.3 Å². The number of rotatable bonds is 8. The molecule has 0 spiro atoms. The fraction of sp³-hybridized carbons (Fsp3) is 0.533. The van der Waals surface area contributed by atoms with Crippen LogP contribution in [0.3, 0.4) is 0 Å². The van der Waals surface area contributed by atoms with Crippen molar-refractivity contribution in [2.45, 2.75) is 33.2 Å². The highest BCUT2D eigenvalue weighted by Gasteiger charge is 2.08. The Bertz CT molecular complexity index is 418. The highest BCUT2D eigenvalue weighted by Crippen LogP contribution is 2.12. The highest BCUT2D eigenvalue weighted by atomic mass is 16.5. The van der Waals surface area contributed by atoms with Crippen LogP contribution in [0.5, 0.6) is 5.75 Å². The van der Waals surface area contributed by atoms with E-state index in [2.05, 4.69) is 31.2 Å². The molecule has 4 N–H and O–H groups in total. The monoisotopic (exact) mass is 279 g/mol. The molecular weight excluding hydrogens is 254 g/mol. The lowest BCUT2D eigenvalue weighted by Gasteiger charge is -2.19. The number of amidine groups is 1. The van der Waals surface area contributed by atoms with Gasteiger partial charge in [-0.15, -0.1) is 0 Å². The van der Waals surface area contributed by atoms with Gasteiger partial charge in [-0.2, -0.15) is 0 Å². The van der Waals surface area contributed by atoms with Crippen LogP contribution in [0.2, 0.25) is 0 Å². The predicted octanol–water partition coefficient (Wildman–Crippen LogP) is 2.18. The Balaban J connectivity index is 2.32. The molecule has 5 nitrogen and oxygen atoms in total. The Morgan fingerprint density at radius 1 is 1.35 bits per heavy atom. The average molecular weight is 279 g/mol. The van der Waals surface area contributed by atoms with Crippen molar-refractivity contribution in [2.24, 2.45) is 16.8 Å². The number of nitrogens with one attached hydrogen (secondary N) is 1. The molecule has 1 aromatic carbocycles. The van der Waals surface area contributed by atoms with Crippen molar-refractivity contribution < 1.29 is 9.94 Å². The lowest BCUT2D eigenvalue weighted by atomic mass is 10.0. The summed E-state index contributed by atoms with van der Waals surface area (Å²) in [5.74, 6) is 1.54. The van der Waals surface area contributed by atoms with Crippen LogP contribution in [-0.4, -0.2) is 30.2 Å². The van der Waals surface area contributed by atoms with E-state index in [1.807, 2.05) is 12.1 Å². The normalized spacial score (nSPS) is 14.8. The van der Waals surface area contributed by atoms with Gasteiger partial charge in [-0.1, -0.05) is 25.4 Å². The molecule has 0 aliphatic rings. The van der Waals surface area contributed by atoms with Gasteiger partial charge < -0.3 is 21.0 Å². The van der Waals surface area contributed by atoms with E-state index in [4.69, 9.17) is 15.7 Å². The number of oxime groups is 1. The van der Waals surface area contributed by atoms with E-state index in [1.54, 1.807) is 12.1 Å². The second-order valence-electron chi connectivity index (χ2n) is 4.99. The third-order valence-electron chi connectivity index (χ3n) is 3.59. The van der Waals surface area contributed by atoms with E-state index in [9.17, 15) is 0 Å². The van der Waals surface area contributed by atoms with E-state index < -0.39 is 0 Å². The number of nitrogens with zero attached hydrogens (tertiary/aromatic N) is 1. The molecule has 20 heavy (non-hydrogen) atoms. The van der Waals surface area contributed by atoms with Crippen molar-refractivity contribution in [1.82, 2.24) is 5.32 Å². The van der Waals surface area contributed by atoms with E-state index >= 15 is 0 Å².